The molecule has 3 N–H and O–H groups in total. The lowest BCUT2D eigenvalue weighted by molar-refractivity contribution is -0.148. The van der Waals surface area contributed by atoms with Gasteiger partial charge in [-0.25, -0.2) is 14.6 Å². The number of carboxylic acids is 1. The van der Waals surface area contributed by atoms with Gasteiger partial charge >= 0.3 is 12.1 Å². The zero-order valence-electron chi connectivity index (χ0n) is 28.8. The molecule has 12 heteroatoms. The minimum absolute atomic E-state index is 0.0883. The maximum Gasteiger partial charge on any atom is 0.408 e. The van der Waals surface area contributed by atoms with Gasteiger partial charge in [-0.3, -0.25) is 9.59 Å². The van der Waals surface area contributed by atoms with Crippen molar-refractivity contribution in [3.63, 3.8) is 0 Å². The maximum absolute atomic E-state index is 13.6. The Morgan fingerprint density at radius 3 is 2.27 bits per heavy atom. The summed E-state index contributed by atoms with van der Waals surface area (Å²) >= 11 is 1.26. The Morgan fingerprint density at radius 1 is 0.958 bits per heavy atom. The minimum atomic E-state index is -1.40. The lowest BCUT2D eigenvalue weighted by Crippen LogP contribution is -2.53. The van der Waals surface area contributed by atoms with Crippen LogP contribution >= 0.6 is 11.3 Å². The van der Waals surface area contributed by atoms with Gasteiger partial charge in [0.05, 0.1) is 28.7 Å². The van der Waals surface area contributed by atoms with E-state index < -0.39 is 35.4 Å². The van der Waals surface area contributed by atoms with Crippen LogP contribution in [0.5, 0.6) is 0 Å². The molecule has 0 saturated heterocycles. The van der Waals surface area contributed by atoms with Crippen LogP contribution < -0.4 is 10.6 Å². The zero-order valence-corrected chi connectivity index (χ0v) is 29.6. The minimum Gasteiger partial charge on any atom is -0.480 e. The number of pyridine rings is 1. The van der Waals surface area contributed by atoms with Gasteiger partial charge in [0, 0.05) is 34.6 Å². The Hall–Kier alpha value is -4.39. The van der Waals surface area contributed by atoms with E-state index in [1.54, 1.807) is 58.2 Å². The summed E-state index contributed by atoms with van der Waals surface area (Å²) in [4.78, 5) is 56.1. The average Bonchev–Trinajstić information content (AvgIpc) is 3.31. The fourth-order valence-electron chi connectivity index (χ4n) is 5.49. The first kappa shape index (κ1) is 36.4. The monoisotopic (exact) mass is 677 g/mol. The van der Waals surface area contributed by atoms with E-state index >= 15 is 0 Å². The number of fused-ring (bicyclic) bond motifs is 2. The third kappa shape index (κ3) is 8.74. The molecular formula is C36H43N3O8S. The van der Waals surface area contributed by atoms with Gasteiger partial charge in [0.2, 0.25) is 0 Å². The number of Topliss-reactive ketones (excluding diaryl/α,β-unsaturated/α-hetero) is 1. The Kier molecular flexibility index (Phi) is 10.9. The number of carbonyl (C=O) groups excluding carboxylic acids is 3. The molecule has 2 aromatic heterocycles. The number of thiophene rings is 1. The number of aliphatic carboxylic acids is 1. The highest BCUT2D eigenvalue weighted by molar-refractivity contribution is 7.21. The van der Waals surface area contributed by atoms with Crippen molar-refractivity contribution in [2.75, 3.05) is 12.4 Å². The molecule has 0 bridgehead atoms. The van der Waals surface area contributed by atoms with Crippen molar-refractivity contribution in [1.82, 2.24) is 10.3 Å². The van der Waals surface area contributed by atoms with Crippen LogP contribution in [-0.4, -0.2) is 64.3 Å². The summed E-state index contributed by atoms with van der Waals surface area (Å²) in [7, 11) is 1.60. The van der Waals surface area contributed by atoms with Crippen molar-refractivity contribution in [3.05, 3.63) is 69.6 Å². The van der Waals surface area contributed by atoms with Gasteiger partial charge in [0.25, 0.3) is 5.91 Å². The quantitative estimate of drug-likeness (QED) is 0.142. The molecule has 11 nitrogen and oxygen atoms in total. The summed E-state index contributed by atoms with van der Waals surface area (Å²) in [6.45, 7) is 14.2. The summed E-state index contributed by atoms with van der Waals surface area (Å²) in [6, 6.07) is 11.1. The van der Waals surface area contributed by atoms with Crippen LogP contribution in [0.25, 0.3) is 21.0 Å². The van der Waals surface area contributed by atoms with E-state index in [0.29, 0.717) is 28.4 Å². The van der Waals surface area contributed by atoms with Gasteiger partial charge in [-0.2, -0.15) is 0 Å². The number of benzene rings is 2. The molecule has 0 aliphatic rings. The van der Waals surface area contributed by atoms with Crippen molar-refractivity contribution in [3.8, 4) is 0 Å². The Balaban J connectivity index is 1.65. The van der Waals surface area contributed by atoms with Crippen molar-refractivity contribution < 1.29 is 38.5 Å². The Morgan fingerprint density at radius 2 is 1.67 bits per heavy atom. The number of nitrogens with zero attached hydrogens (tertiary/aromatic N) is 1. The Bertz CT molecular complexity index is 1870. The molecule has 2 amide bonds. The maximum atomic E-state index is 13.6. The number of aryl methyl sites for hydroxylation is 1. The van der Waals surface area contributed by atoms with Crippen LogP contribution in [0.4, 0.5) is 10.6 Å². The summed E-state index contributed by atoms with van der Waals surface area (Å²) in [5.74, 6) is -1.39. The van der Waals surface area contributed by atoms with Crippen LogP contribution in [0.15, 0.2) is 42.5 Å². The molecule has 256 valence electrons. The van der Waals surface area contributed by atoms with Gasteiger partial charge in [-0.1, -0.05) is 18.2 Å². The second kappa shape index (κ2) is 14.4. The molecule has 2 aromatic carbocycles. The highest BCUT2D eigenvalue weighted by Crippen LogP contribution is 2.37. The van der Waals surface area contributed by atoms with Gasteiger partial charge in [-0.05, 0) is 96.3 Å². The first-order valence-corrected chi connectivity index (χ1v) is 16.3. The van der Waals surface area contributed by atoms with E-state index in [4.69, 9.17) is 14.2 Å². The second-order valence-corrected chi connectivity index (χ2v) is 14.6. The summed E-state index contributed by atoms with van der Waals surface area (Å²) in [5, 5.41) is 17.1. The summed E-state index contributed by atoms with van der Waals surface area (Å²) in [5.41, 5.74) is 1.96. The highest BCUT2D eigenvalue weighted by atomic mass is 32.1. The number of nitrogens with one attached hydrogen (secondary N) is 2. The molecule has 0 fully saturated rings. The van der Waals surface area contributed by atoms with Gasteiger partial charge in [-0.15, -0.1) is 11.3 Å². The SMILES string of the molecule is COCc1ccc(C(C)=O)c2sc(C(=O)Nc3ccc4c(CC(OC(C)(C)C)C(NC(=O)OC(C)(C)C)C(=O)O)cccc4n3)c(C)c12. The van der Waals surface area contributed by atoms with Crippen molar-refractivity contribution in [2.45, 2.75) is 91.8 Å². The van der Waals surface area contributed by atoms with Crippen LogP contribution in [0.2, 0.25) is 0 Å². The van der Waals surface area contributed by atoms with E-state index in [9.17, 15) is 24.3 Å². The largest absolute Gasteiger partial charge is 0.480 e. The molecule has 0 saturated carbocycles. The van der Waals surface area contributed by atoms with E-state index in [-0.39, 0.29) is 18.1 Å². The molecule has 4 aromatic rings. The third-order valence-corrected chi connectivity index (χ3v) is 8.67. The van der Waals surface area contributed by atoms with E-state index in [1.165, 1.54) is 18.3 Å². The number of alkyl carbamates (subject to hydrolysis) is 1. The predicted octanol–water partition coefficient (Wildman–Crippen LogP) is 7.06. The lowest BCUT2D eigenvalue weighted by atomic mass is 9.97. The smallest absolute Gasteiger partial charge is 0.408 e. The lowest BCUT2D eigenvalue weighted by Gasteiger charge is -2.32. The number of rotatable bonds is 11. The predicted molar refractivity (Wildman–Crippen MR) is 186 cm³/mol. The number of ketones is 1. The fraction of sp³-hybridized carbons (Fsp3) is 0.417. The molecule has 4 rings (SSSR count). The molecule has 2 heterocycles. The number of methoxy groups -OCH3 is 1. The van der Waals surface area contributed by atoms with Crippen molar-refractivity contribution >= 4 is 61.9 Å². The molecule has 0 aliphatic carbocycles. The zero-order chi connectivity index (χ0) is 35.6. The number of amides is 2. The molecule has 2 atom stereocenters. The fourth-order valence-corrected chi connectivity index (χ4v) is 6.80. The van der Waals surface area contributed by atoms with E-state index in [1.807, 2.05) is 39.8 Å². The van der Waals surface area contributed by atoms with Crippen LogP contribution in [0, 0.1) is 6.92 Å². The number of ether oxygens (including phenoxy) is 3. The molecule has 48 heavy (non-hydrogen) atoms. The molecule has 2 unspecified atom stereocenters. The molecule has 0 radical (unpaired) electrons. The van der Waals surface area contributed by atoms with Gasteiger partial charge < -0.3 is 30.0 Å². The van der Waals surface area contributed by atoms with Gasteiger partial charge in [0.15, 0.2) is 11.8 Å². The van der Waals surface area contributed by atoms with Crippen molar-refractivity contribution in [1.29, 1.82) is 0 Å². The topological polar surface area (TPSA) is 153 Å². The normalized spacial score (nSPS) is 13.3. The Labute approximate surface area is 284 Å². The number of aromatic nitrogens is 1. The third-order valence-electron chi connectivity index (χ3n) is 7.35. The van der Waals surface area contributed by atoms with Crippen LogP contribution in [0.1, 0.15) is 85.2 Å². The average molecular weight is 678 g/mol. The first-order valence-electron chi connectivity index (χ1n) is 15.5. The summed E-state index contributed by atoms with van der Waals surface area (Å²) in [6.07, 6.45) is -1.68. The number of anilines is 1. The molecule has 0 aliphatic heterocycles. The number of carbonyl (C=O) groups is 4. The first-order chi connectivity index (χ1) is 22.4. The summed E-state index contributed by atoms with van der Waals surface area (Å²) < 4.78 is 17.6. The molecular weight excluding hydrogens is 634 g/mol. The second-order valence-electron chi connectivity index (χ2n) is 13.6. The standard InChI is InChI=1S/C36H43N3O8S/c1-19-28-22(18-45-9)13-14-23(20(2)40)31(28)48-30(19)32(41)38-27-16-15-24-21(11-10-12-25(24)37-27)17-26(46-35(3,4)5)29(33(42)43)39-34(44)47-36(6,7)8/h10-16,26,29H,17-18H2,1-9H3,(H,39,44)(H,42,43)(H,37,38,41). The number of hydrogen-bond acceptors (Lipinski definition) is 9. The number of hydrogen-bond donors (Lipinski definition) is 3. The molecule has 0 spiro atoms. The van der Waals surface area contributed by atoms with Gasteiger partial charge in [0.1, 0.15) is 11.4 Å². The highest BCUT2D eigenvalue weighted by Gasteiger charge is 2.35. The van der Waals surface area contributed by atoms with E-state index in [0.717, 1.165) is 32.2 Å². The van der Waals surface area contributed by atoms with Crippen molar-refractivity contribution in [2.24, 2.45) is 0 Å². The van der Waals surface area contributed by atoms with Crippen LogP contribution in [0.3, 0.4) is 0 Å². The number of carboxylic acid groups (broad SMARTS) is 1. The van der Waals surface area contributed by atoms with E-state index in [2.05, 4.69) is 15.6 Å². The van der Waals surface area contributed by atoms with Crippen LogP contribution in [-0.2, 0) is 32.0 Å².